The number of carbonyl (C=O) groups excluding carboxylic acids is 1. The lowest BCUT2D eigenvalue weighted by atomic mass is 10.0. The van der Waals surface area contributed by atoms with Crippen LogP contribution in [0.25, 0.3) is 11.1 Å². The molecular formula is C26H27ClN2O4S. The van der Waals surface area contributed by atoms with Gasteiger partial charge in [0.2, 0.25) is 0 Å². The number of hydrogen-bond donors (Lipinski definition) is 0. The van der Waals surface area contributed by atoms with Crippen molar-refractivity contribution in [1.82, 2.24) is 9.88 Å². The Hall–Kier alpha value is -2.61. The minimum absolute atomic E-state index is 0.0796. The van der Waals surface area contributed by atoms with Gasteiger partial charge in [0.1, 0.15) is 18.9 Å². The molecule has 178 valence electrons. The Kier molecular flexibility index (Phi) is 7.04. The molecule has 1 unspecified atom stereocenters. The SMILES string of the molecule is Cc1nc(C(=O)N2CCOc3c(cc(-c4cccc(Cl)c4)cc3OCC3CCCCO3)C2)cs1. The molecule has 3 aromatic rings. The van der Waals surface area contributed by atoms with Gasteiger partial charge in [0.25, 0.3) is 5.91 Å². The maximum absolute atomic E-state index is 13.1. The second kappa shape index (κ2) is 10.3. The average molecular weight is 499 g/mol. The lowest BCUT2D eigenvalue weighted by molar-refractivity contribution is -0.0115. The maximum atomic E-state index is 13.1. The molecule has 1 fully saturated rings. The minimum atomic E-state index is -0.0907. The Labute approximate surface area is 208 Å². The van der Waals surface area contributed by atoms with Crippen LogP contribution in [0.2, 0.25) is 5.02 Å². The van der Waals surface area contributed by atoms with Crippen molar-refractivity contribution in [3.63, 3.8) is 0 Å². The van der Waals surface area contributed by atoms with E-state index in [-0.39, 0.29) is 12.0 Å². The summed E-state index contributed by atoms with van der Waals surface area (Å²) in [5, 5.41) is 3.35. The number of thiazole rings is 1. The first-order chi connectivity index (χ1) is 16.6. The van der Waals surface area contributed by atoms with Crippen LogP contribution in [0, 0.1) is 6.92 Å². The number of rotatable bonds is 5. The van der Waals surface area contributed by atoms with Gasteiger partial charge in [0, 0.05) is 29.1 Å². The van der Waals surface area contributed by atoms with Crippen LogP contribution >= 0.6 is 22.9 Å². The van der Waals surface area contributed by atoms with Crippen molar-refractivity contribution in [3.05, 3.63) is 63.1 Å². The monoisotopic (exact) mass is 498 g/mol. The number of nitrogens with zero attached hydrogens (tertiary/aromatic N) is 2. The van der Waals surface area contributed by atoms with Crippen molar-refractivity contribution in [2.45, 2.75) is 38.8 Å². The van der Waals surface area contributed by atoms with E-state index in [4.69, 9.17) is 25.8 Å². The molecule has 5 rings (SSSR count). The van der Waals surface area contributed by atoms with E-state index in [0.717, 1.165) is 47.6 Å². The first kappa shape index (κ1) is 23.1. The molecule has 0 bridgehead atoms. The van der Waals surface area contributed by atoms with Crippen molar-refractivity contribution in [3.8, 4) is 22.6 Å². The van der Waals surface area contributed by atoms with E-state index >= 15 is 0 Å². The third-order valence-corrected chi connectivity index (χ3v) is 7.09. The molecule has 1 saturated heterocycles. The Morgan fingerprint density at radius 1 is 1.24 bits per heavy atom. The Balaban J connectivity index is 1.47. The third-order valence-electron chi connectivity index (χ3n) is 6.08. The lowest BCUT2D eigenvalue weighted by Crippen LogP contribution is -2.32. The normalized spacial score (nSPS) is 18.1. The number of aromatic nitrogens is 1. The highest BCUT2D eigenvalue weighted by molar-refractivity contribution is 7.09. The number of halogens is 1. The molecule has 0 N–H and O–H groups in total. The molecule has 1 amide bonds. The van der Waals surface area contributed by atoms with E-state index < -0.39 is 0 Å². The number of benzene rings is 2. The van der Waals surface area contributed by atoms with E-state index in [2.05, 4.69) is 11.1 Å². The third kappa shape index (κ3) is 5.22. The van der Waals surface area contributed by atoms with Gasteiger partial charge in [0.05, 0.1) is 17.7 Å². The van der Waals surface area contributed by atoms with Gasteiger partial charge in [-0.1, -0.05) is 23.7 Å². The Morgan fingerprint density at radius 2 is 2.15 bits per heavy atom. The molecule has 0 saturated carbocycles. The Bertz CT molecular complexity index is 1180. The molecule has 34 heavy (non-hydrogen) atoms. The van der Waals surface area contributed by atoms with E-state index in [1.807, 2.05) is 42.6 Å². The number of amides is 1. The van der Waals surface area contributed by atoms with Crippen LogP contribution in [0.1, 0.15) is 40.3 Å². The molecule has 1 atom stereocenters. The van der Waals surface area contributed by atoms with Crippen molar-refractivity contribution in [1.29, 1.82) is 0 Å². The van der Waals surface area contributed by atoms with Gasteiger partial charge in [-0.05, 0) is 61.6 Å². The van der Waals surface area contributed by atoms with Gasteiger partial charge >= 0.3 is 0 Å². The van der Waals surface area contributed by atoms with Crippen LogP contribution in [0.5, 0.6) is 11.5 Å². The van der Waals surface area contributed by atoms with Crippen LogP contribution in [-0.2, 0) is 11.3 Å². The maximum Gasteiger partial charge on any atom is 0.273 e. The largest absolute Gasteiger partial charge is 0.487 e. The van der Waals surface area contributed by atoms with Gasteiger partial charge in [-0.3, -0.25) is 4.79 Å². The van der Waals surface area contributed by atoms with Crippen molar-refractivity contribution < 1.29 is 19.0 Å². The second-order valence-electron chi connectivity index (χ2n) is 8.60. The van der Waals surface area contributed by atoms with Gasteiger partial charge in [-0.25, -0.2) is 4.98 Å². The fourth-order valence-electron chi connectivity index (χ4n) is 4.34. The fraction of sp³-hybridized carbons (Fsp3) is 0.385. The van der Waals surface area contributed by atoms with Crippen LogP contribution in [0.3, 0.4) is 0 Å². The average Bonchev–Trinajstić information content (AvgIpc) is 3.17. The fourth-order valence-corrected chi connectivity index (χ4v) is 5.12. The predicted octanol–water partition coefficient (Wildman–Crippen LogP) is 5.75. The van der Waals surface area contributed by atoms with Crippen molar-refractivity contribution >= 4 is 28.8 Å². The molecular weight excluding hydrogens is 472 g/mol. The minimum Gasteiger partial charge on any atom is -0.487 e. The molecule has 0 radical (unpaired) electrons. The topological polar surface area (TPSA) is 60.9 Å². The zero-order chi connectivity index (χ0) is 23.5. The summed E-state index contributed by atoms with van der Waals surface area (Å²) in [5.41, 5.74) is 3.31. The van der Waals surface area contributed by atoms with Gasteiger partial charge in [-0.15, -0.1) is 11.3 Å². The van der Waals surface area contributed by atoms with Crippen molar-refractivity contribution in [2.24, 2.45) is 0 Å². The molecule has 3 heterocycles. The van der Waals surface area contributed by atoms with Gasteiger partial charge in [0.15, 0.2) is 11.5 Å². The zero-order valence-corrected chi connectivity index (χ0v) is 20.7. The molecule has 2 aromatic carbocycles. The predicted molar refractivity (Wildman–Crippen MR) is 133 cm³/mol. The van der Waals surface area contributed by atoms with E-state index in [9.17, 15) is 4.79 Å². The van der Waals surface area contributed by atoms with Gasteiger partial charge < -0.3 is 19.1 Å². The molecule has 6 nitrogen and oxygen atoms in total. The number of ether oxygens (including phenoxy) is 3. The Morgan fingerprint density at radius 3 is 2.91 bits per heavy atom. The quantitative estimate of drug-likeness (QED) is 0.448. The zero-order valence-electron chi connectivity index (χ0n) is 19.1. The first-order valence-corrected chi connectivity index (χ1v) is 12.8. The highest BCUT2D eigenvalue weighted by Crippen LogP contribution is 2.39. The summed E-state index contributed by atoms with van der Waals surface area (Å²) in [6.07, 6.45) is 3.32. The number of fused-ring (bicyclic) bond motifs is 1. The van der Waals surface area contributed by atoms with Gasteiger partial charge in [-0.2, -0.15) is 0 Å². The molecule has 2 aliphatic rings. The molecule has 2 aliphatic heterocycles. The molecule has 0 spiro atoms. The highest BCUT2D eigenvalue weighted by Gasteiger charge is 2.26. The van der Waals surface area contributed by atoms with Crippen LogP contribution in [0.15, 0.2) is 41.8 Å². The summed E-state index contributed by atoms with van der Waals surface area (Å²) < 4.78 is 18.3. The first-order valence-electron chi connectivity index (χ1n) is 11.6. The molecule has 0 aliphatic carbocycles. The van der Waals surface area contributed by atoms with Crippen LogP contribution in [0.4, 0.5) is 0 Å². The summed E-state index contributed by atoms with van der Waals surface area (Å²) in [6.45, 7) is 4.42. The molecule has 8 heteroatoms. The van der Waals surface area contributed by atoms with E-state index in [1.165, 1.54) is 11.3 Å². The van der Waals surface area contributed by atoms with Crippen molar-refractivity contribution in [2.75, 3.05) is 26.4 Å². The smallest absolute Gasteiger partial charge is 0.273 e. The van der Waals surface area contributed by atoms with E-state index in [0.29, 0.717) is 48.5 Å². The number of hydrogen-bond acceptors (Lipinski definition) is 6. The summed E-state index contributed by atoms with van der Waals surface area (Å²) >= 11 is 7.75. The second-order valence-corrected chi connectivity index (χ2v) is 10.1. The van der Waals surface area contributed by atoms with Crippen LogP contribution < -0.4 is 9.47 Å². The summed E-state index contributed by atoms with van der Waals surface area (Å²) in [7, 11) is 0. The highest BCUT2D eigenvalue weighted by atomic mass is 35.5. The van der Waals surface area contributed by atoms with E-state index in [1.54, 1.807) is 4.90 Å². The summed E-state index contributed by atoms with van der Waals surface area (Å²) in [4.78, 5) is 19.3. The van der Waals surface area contributed by atoms with Crippen LogP contribution in [-0.4, -0.2) is 48.3 Å². The standard InChI is InChI=1S/C26H27ClN2O4S/c1-17-28-23(16-34-17)26(30)29-8-10-32-25-20(14-29)11-19(18-5-4-6-21(27)12-18)13-24(25)33-15-22-7-2-3-9-31-22/h4-6,11-13,16,22H,2-3,7-10,14-15H2,1H3. The number of aryl methyl sites for hydroxylation is 1. The summed E-state index contributed by atoms with van der Waals surface area (Å²) in [5.74, 6) is 1.26. The lowest BCUT2D eigenvalue weighted by Gasteiger charge is -2.24. The number of carbonyl (C=O) groups is 1. The summed E-state index contributed by atoms with van der Waals surface area (Å²) in [6, 6.07) is 11.8. The molecule has 1 aromatic heterocycles.